The zero-order valence-electron chi connectivity index (χ0n) is 30.1. The minimum Gasteiger partial charge on any atom is -0.457 e. The van der Waals surface area contributed by atoms with Crippen LogP contribution in [0.25, 0.3) is 11.2 Å². The Balaban J connectivity index is 2.22. The quantitative estimate of drug-likeness (QED) is 0.0155. The summed E-state index contributed by atoms with van der Waals surface area (Å²) in [6.45, 7) is 9.47. The van der Waals surface area contributed by atoms with Crippen molar-refractivity contribution in [2.24, 2.45) is 0 Å². The first-order valence-corrected chi connectivity index (χ1v) is 18.9. The molecular weight excluding hydrogens is 867 g/mol. The number of ether oxygens (including phenoxy) is 7. The second-order valence-electron chi connectivity index (χ2n) is 11.0. The number of imidazole rings is 1. The number of carbonyl (C=O) groups excluding carboxylic acids is 5. The summed E-state index contributed by atoms with van der Waals surface area (Å²) < 4.78 is 66.6. The normalized spacial score (nSPS) is 13.6. The Bertz CT molecular complexity index is 1490. The number of halogens is 1. The summed E-state index contributed by atoms with van der Waals surface area (Å²) in [5, 5.41) is 0. The Morgan fingerprint density at radius 3 is 2.04 bits per heavy atom. The minimum absolute atomic E-state index is 0.0946. The smallest absolute Gasteiger partial charge is 0.457 e. The number of hydrogen-bond acceptors (Lipinski definition) is 21. The molecule has 53 heavy (non-hydrogen) atoms. The fourth-order valence-electron chi connectivity index (χ4n) is 3.64. The molecule has 2 aromatic heterocycles. The molecule has 22 nitrogen and oxygen atoms in total. The van der Waals surface area contributed by atoms with Gasteiger partial charge in [0.15, 0.2) is 11.2 Å². The van der Waals surface area contributed by atoms with Gasteiger partial charge in [0.1, 0.15) is 0 Å². The van der Waals surface area contributed by atoms with E-state index in [9.17, 15) is 24.0 Å². The van der Waals surface area contributed by atoms with E-state index in [-0.39, 0.29) is 36.8 Å². The third-order valence-corrected chi connectivity index (χ3v) is 8.42. The Labute approximate surface area is 320 Å². The van der Waals surface area contributed by atoms with Crippen molar-refractivity contribution in [2.45, 2.75) is 85.3 Å². The lowest BCUT2D eigenvalue weighted by atomic mass is 10.1. The number of aromatic nitrogens is 4. The topological polar surface area (TPSA) is 252 Å². The molecule has 0 saturated heterocycles. The maximum Gasteiger partial charge on any atom is 0.510 e. The second-order valence-corrected chi connectivity index (χ2v) is 14.1. The van der Waals surface area contributed by atoms with Crippen LogP contribution in [0.1, 0.15) is 60.9 Å². The highest BCUT2D eigenvalue weighted by Crippen LogP contribution is 2.43. The lowest BCUT2D eigenvalue weighted by Gasteiger charge is -2.23. The van der Waals surface area contributed by atoms with Crippen molar-refractivity contribution in [2.75, 3.05) is 37.6 Å². The predicted octanol–water partition coefficient (Wildman–Crippen LogP) is 5.19. The van der Waals surface area contributed by atoms with Crippen LogP contribution in [0, 0.1) is 0 Å². The number of esters is 1. The van der Waals surface area contributed by atoms with Gasteiger partial charge >= 0.3 is 32.4 Å². The van der Waals surface area contributed by atoms with Gasteiger partial charge < -0.3 is 46.8 Å². The van der Waals surface area contributed by atoms with Crippen LogP contribution in [0.4, 0.5) is 15.5 Å². The van der Waals surface area contributed by atoms with Crippen LogP contribution in [0.15, 0.2) is 6.33 Å². The van der Waals surface area contributed by atoms with Gasteiger partial charge in [-0.1, -0.05) is 0 Å². The standard InChI is InChI=1S/C28H42IN5O17P2/c1-16(2)48-24(36)25(37)52(45-14-42-27(38)49-17(3)4)44-10-20(40-8)9-19(7)34-11-30-21-22(34)31-26(33-29)32-23(21)51-53(46-13-41-12-35)47-15-43-28(39)50-18(5)6/h11-12,16-20H,9-10,13-15H2,1-8H3,(H,31,32,33). The number of methoxy groups -OCH3 is 1. The molecule has 0 aliphatic heterocycles. The fourth-order valence-corrected chi connectivity index (χ4v) is 5.58. The number of hydrogen-bond donors (Lipinski definition) is 1. The second kappa shape index (κ2) is 24.2. The third kappa shape index (κ3) is 16.7. The molecule has 0 saturated carbocycles. The number of carbonyl (C=O) groups is 5. The molecule has 25 heteroatoms. The van der Waals surface area contributed by atoms with Crippen molar-refractivity contribution < 1.29 is 79.7 Å². The third-order valence-electron chi connectivity index (χ3n) is 5.75. The minimum atomic E-state index is -2.59. The molecule has 1 N–H and O–H groups in total. The van der Waals surface area contributed by atoms with Crippen LogP contribution in [0.3, 0.4) is 0 Å². The van der Waals surface area contributed by atoms with E-state index in [0.717, 1.165) is 0 Å². The molecular formula is C28H42IN5O17P2. The Morgan fingerprint density at radius 2 is 1.47 bits per heavy atom. The van der Waals surface area contributed by atoms with Gasteiger partial charge in [-0.2, -0.15) is 9.97 Å². The van der Waals surface area contributed by atoms with Gasteiger partial charge in [-0.3, -0.25) is 26.7 Å². The number of nitrogens with zero attached hydrogens (tertiary/aromatic N) is 4. The van der Waals surface area contributed by atoms with E-state index < -0.39 is 91.6 Å². The molecule has 0 bridgehead atoms. The molecule has 0 radical (unpaired) electrons. The summed E-state index contributed by atoms with van der Waals surface area (Å²) in [6, 6.07) is -0.392. The zero-order valence-corrected chi connectivity index (χ0v) is 34.0. The number of rotatable bonds is 25. The van der Waals surface area contributed by atoms with Crippen molar-refractivity contribution >= 4 is 87.2 Å². The highest BCUT2D eigenvalue weighted by molar-refractivity contribution is 14.1. The van der Waals surface area contributed by atoms with E-state index in [2.05, 4.69) is 23.2 Å². The van der Waals surface area contributed by atoms with E-state index in [4.69, 9.17) is 51.0 Å². The first kappa shape index (κ1) is 45.8. The summed E-state index contributed by atoms with van der Waals surface area (Å²) in [5.41, 5.74) is -0.625. The first-order chi connectivity index (χ1) is 25.2. The summed E-state index contributed by atoms with van der Waals surface area (Å²) in [7, 11) is -3.55. The molecule has 0 spiro atoms. The van der Waals surface area contributed by atoms with Gasteiger partial charge in [0.2, 0.25) is 26.3 Å². The van der Waals surface area contributed by atoms with Crippen LogP contribution < -0.4 is 8.05 Å². The molecule has 4 atom stereocenters. The summed E-state index contributed by atoms with van der Waals surface area (Å²) in [4.78, 5) is 72.5. The van der Waals surface area contributed by atoms with Crippen LogP contribution in [0.5, 0.6) is 5.88 Å². The van der Waals surface area contributed by atoms with Gasteiger partial charge in [0, 0.05) is 13.2 Å². The van der Waals surface area contributed by atoms with E-state index in [0.29, 0.717) is 5.65 Å². The molecule has 0 amide bonds. The summed E-state index contributed by atoms with van der Waals surface area (Å²) in [5.74, 6) is -1.17. The highest BCUT2D eigenvalue weighted by atomic mass is 127. The Morgan fingerprint density at radius 1 is 0.868 bits per heavy atom. The van der Waals surface area contributed by atoms with Crippen LogP contribution in [-0.4, -0.2) is 108 Å². The average Bonchev–Trinajstić information content (AvgIpc) is 3.52. The van der Waals surface area contributed by atoms with Crippen molar-refractivity contribution in [3.63, 3.8) is 0 Å². The molecule has 0 aromatic carbocycles. The summed E-state index contributed by atoms with van der Waals surface area (Å²) >= 11 is 1.82. The molecule has 0 fully saturated rings. The van der Waals surface area contributed by atoms with Crippen LogP contribution in [-0.2, 0) is 65.6 Å². The number of nitrogens with one attached hydrogen (secondary N) is 1. The first-order valence-electron chi connectivity index (χ1n) is 15.6. The molecule has 2 rings (SSSR count). The Hall–Kier alpha value is -3.31. The highest BCUT2D eigenvalue weighted by Gasteiger charge is 2.33. The lowest BCUT2D eigenvalue weighted by molar-refractivity contribution is -0.154. The zero-order chi connectivity index (χ0) is 39.5. The average molecular weight is 910 g/mol. The molecule has 0 aliphatic carbocycles. The Kier molecular flexibility index (Phi) is 20.9. The van der Waals surface area contributed by atoms with Gasteiger partial charge in [-0.15, -0.1) is 0 Å². The predicted molar refractivity (Wildman–Crippen MR) is 190 cm³/mol. The molecule has 4 unspecified atom stereocenters. The van der Waals surface area contributed by atoms with Crippen molar-refractivity contribution in [1.29, 1.82) is 0 Å². The van der Waals surface area contributed by atoms with Crippen molar-refractivity contribution in [3.8, 4) is 5.88 Å². The van der Waals surface area contributed by atoms with E-state index in [1.807, 2.05) is 29.8 Å². The van der Waals surface area contributed by atoms with E-state index >= 15 is 0 Å². The van der Waals surface area contributed by atoms with Crippen molar-refractivity contribution in [1.82, 2.24) is 19.5 Å². The molecule has 298 valence electrons. The maximum absolute atomic E-state index is 12.8. The van der Waals surface area contributed by atoms with Gasteiger partial charge in [0.25, 0.3) is 20.7 Å². The van der Waals surface area contributed by atoms with Crippen molar-refractivity contribution in [3.05, 3.63) is 6.33 Å². The summed E-state index contributed by atoms with van der Waals surface area (Å²) in [6.07, 6.45) is -2.46. The van der Waals surface area contributed by atoms with E-state index in [1.165, 1.54) is 13.4 Å². The largest absolute Gasteiger partial charge is 0.510 e. The molecule has 2 aromatic rings. The van der Waals surface area contributed by atoms with Crippen LogP contribution in [0.2, 0.25) is 0 Å². The van der Waals surface area contributed by atoms with Gasteiger partial charge in [-0.25, -0.2) is 19.4 Å². The van der Waals surface area contributed by atoms with Crippen LogP contribution >= 0.6 is 39.8 Å². The SMILES string of the molecule is COC(COP(OCOC(=O)OC(C)C)C(=O)C(=O)OC(C)C)CC(C)n1cnc2c(OP(OCOC=O)OCOC(=O)OC(C)C)nc(NI)nc21. The molecule has 2 heterocycles. The van der Waals surface area contributed by atoms with E-state index in [1.54, 1.807) is 46.1 Å². The molecule has 0 aliphatic rings. The fraction of sp³-hybridized carbons (Fsp3) is 0.643. The van der Waals surface area contributed by atoms with Gasteiger partial charge in [0.05, 0.1) is 60.2 Å². The number of fused-ring (bicyclic) bond motifs is 1. The van der Waals surface area contributed by atoms with Gasteiger partial charge in [-0.05, 0) is 54.9 Å². The number of anilines is 1. The lowest BCUT2D eigenvalue weighted by Crippen LogP contribution is -2.25. The monoisotopic (exact) mass is 909 g/mol. The maximum atomic E-state index is 12.8.